The number of piperazine rings is 1. The topological polar surface area (TPSA) is 49.6 Å². The summed E-state index contributed by atoms with van der Waals surface area (Å²) in [6.07, 6.45) is 3.82. The molecule has 4 heteroatoms. The zero-order valence-electron chi connectivity index (χ0n) is 13.8. The molecular formula is C16H31N3O. The number of nitrogens with two attached hydrogens (primary N) is 1. The van der Waals surface area contributed by atoms with Crippen LogP contribution in [0.4, 0.5) is 0 Å². The Labute approximate surface area is 123 Å². The summed E-state index contributed by atoms with van der Waals surface area (Å²) >= 11 is 0. The van der Waals surface area contributed by atoms with Crippen molar-refractivity contribution in [1.82, 2.24) is 9.80 Å². The van der Waals surface area contributed by atoms with E-state index in [4.69, 9.17) is 5.73 Å². The zero-order chi connectivity index (χ0) is 15.1. The maximum absolute atomic E-state index is 13.0. The van der Waals surface area contributed by atoms with Crippen molar-refractivity contribution in [3.05, 3.63) is 0 Å². The Hall–Kier alpha value is -0.610. The van der Waals surface area contributed by atoms with Crippen molar-refractivity contribution in [2.75, 3.05) is 19.6 Å². The van der Waals surface area contributed by atoms with Gasteiger partial charge in [-0.2, -0.15) is 0 Å². The van der Waals surface area contributed by atoms with Crippen LogP contribution < -0.4 is 5.73 Å². The van der Waals surface area contributed by atoms with E-state index in [0.717, 1.165) is 13.1 Å². The van der Waals surface area contributed by atoms with Crippen LogP contribution in [0.15, 0.2) is 0 Å². The SMILES string of the molecule is CC1CN2CCCCC2CN1C(=O)C(C)(C)C(C)(C)N. The van der Waals surface area contributed by atoms with Crippen molar-refractivity contribution < 1.29 is 4.79 Å². The largest absolute Gasteiger partial charge is 0.337 e. The number of fused-ring (bicyclic) bond motifs is 1. The van der Waals surface area contributed by atoms with Crippen LogP contribution in [0.1, 0.15) is 53.9 Å². The fourth-order valence-corrected chi connectivity index (χ4v) is 3.27. The lowest BCUT2D eigenvalue weighted by atomic mass is 9.73. The van der Waals surface area contributed by atoms with Crippen LogP contribution in [0.3, 0.4) is 0 Å². The zero-order valence-corrected chi connectivity index (χ0v) is 13.8. The van der Waals surface area contributed by atoms with Crippen molar-refractivity contribution >= 4 is 5.91 Å². The Kier molecular flexibility index (Phi) is 4.18. The summed E-state index contributed by atoms with van der Waals surface area (Å²) in [5.41, 5.74) is 5.20. The van der Waals surface area contributed by atoms with Gasteiger partial charge in [-0.05, 0) is 54.0 Å². The molecule has 0 spiro atoms. The molecule has 2 unspecified atom stereocenters. The average molecular weight is 281 g/mol. The quantitative estimate of drug-likeness (QED) is 0.840. The Balaban J connectivity index is 2.14. The van der Waals surface area contributed by atoms with Gasteiger partial charge in [0.2, 0.25) is 5.91 Å². The molecule has 2 atom stereocenters. The summed E-state index contributed by atoms with van der Waals surface area (Å²) in [6, 6.07) is 0.846. The predicted octanol–water partition coefficient (Wildman–Crippen LogP) is 1.84. The molecule has 2 aliphatic rings. The van der Waals surface area contributed by atoms with Gasteiger partial charge in [0.1, 0.15) is 0 Å². The Bertz CT molecular complexity index is 372. The minimum atomic E-state index is -0.530. The summed E-state index contributed by atoms with van der Waals surface area (Å²) in [6.45, 7) is 13.1. The normalized spacial score (nSPS) is 29.2. The molecule has 20 heavy (non-hydrogen) atoms. The van der Waals surface area contributed by atoms with E-state index in [9.17, 15) is 4.79 Å². The van der Waals surface area contributed by atoms with E-state index in [1.807, 2.05) is 27.7 Å². The highest BCUT2D eigenvalue weighted by Crippen LogP contribution is 2.33. The predicted molar refractivity (Wildman–Crippen MR) is 82.4 cm³/mol. The second-order valence-electron chi connectivity index (χ2n) is 7.80. The first-order valence-corrected chi connectivity index (χ1v) is 7.98. The fraction of sp³-hybridized carbons (Fsp3) is 0.938. The van der Waals surface area contributed by atoms with Gasteiger partial charge in [0.05, 0.1) is 5.41 Å². The van der Waals surface area contributed by atoms with Crippen LogP contribution in [0.25, 0.3) is 0 Å². The molecular weight excluding hydrogens is 250 g/mol. The van der Waals surface area contributed by atoms with E-state index >= 15 is 0 Å². The molecule has 0 aromatic carbocycles. The number of hydrogen-bond acceptors (Lipinski definition) is 3. The lowest BCUT2D eigenvalue weighted by Gasteiger charge is -2.50. The maximum atomic E-state index is 13.0. The van der Waals surface area contributed by atoms with Crippen LogP contribution in [-0.2, 0) is 4.79 Å². The first kappa shape index (κ1) is 15.8. The van der Waals surface area contributed by atoms with Gasteiger partial charge < -0.3 is 10.6 Å². The third-order valence-corrected chi connectivity index (χ3v) is 5.59. The minimum Gasteiger partial charge on any atom is -0.337 e. The number of rotatable bonds is 2. The average Bonchev–Trinajstić information content (AvgIpc) is 2.35. The van der Waals surface area contributed by atoms with Crippen LogP contribution >= 0.6 is 0 Å². The molecule has 1 amide bonds. The minimum absolute atomic E-state index is 0.211. The van der Waals surface area contributed by atoms with E-state index < -0.39 is 11.0 Å². The van der Waals surface area contributed by atoms with E-state index in [-0.39, 0.29) is 5.91 Å². The molecule has 2 N–H and O–H groups in total. The van der Waals surface area contributed by atoms with Gasteiger partial charge in [0, 0.05) is 30.7 Å². The van der Waals surface area contributed by atoms with Gasteiger partial charge in [-0.25, -0.2) is 0 Å². The van der Waals surface area contributed by atoms with Crippen LogP contribution in [0.2, 0.25) is 0 Å². The van der Waals surface area contributed by atoms with Crippen LogP contribution in [0, 0.1) is 5.41 Å². The third kappa shape index (κ3) is 2.73. The molecule has 2 fully saturated rings. The van der Waals surface area contributed by atoms with E-state index in [1.165, 1.54) is 25.8 Å². The van der Waals surface area contributed by atoms with Crippen molar-refractivity contribution in [3.8, 4) is 0 Å². The lowest BCUT2D eigenvalue weighted by Crippen LogP contribution is -2.65. The van der Waals surface area contributed by atoms with Gasteiger partial charge in [-0.1, -0.05) is 6.42 Å². The molecule has 116 valence electrons. The van der Waals surface area contributed by atoms with Gasteiger partial charge >= 0.3 is 0 Å². The van der Waals surface area contributed by atoms with E-state index in [0.29, 0.717) is 12.1 Å². The molecule has 0 aliphatic carbocycles. The standard InChI is InChI=1S/C16H31N3O/c1-12-10-18-9-7-6-8-13(18)11-19(12)14(20)15(2,3)16(4,5)17/h12-13H,6-11,17H2,1-5H3. The number of hydrogen-bond donors (Lipinski definition) is 1. The monoisotopic (exact) mass is 281 g/mol. The molecule has 2 rings (SSSR count). The molecule has 0 saturated carbocycles. The number of carbonyl (C=O) groups excluding carboxylic acids is 1. The molecule has 4 nitrogen and oxygen atoms in total. The molecule has 2 aliphatic heterocycles. The highest BCUT2D eigenvalue weighted by Gasteiger charge is 2.46. The van der Waals surface area contributed by atoms with Crippen LogP contribution in [0.5, 0.6) is 0 Å². The van der Waals surface area contributed by atoms with E-state index in [1.54, 1.807) is 0 Å². The third-order valence-electron chi connectivity index (χ3n) is 5.59. The highest BCUT2D eigenvalue weighted by atomic mass is 16.2. The molecule has 2 saturated heterocycles. The van der Waals surface area contributed by atoms with Crippen LogP contribution in [-0.4, -0.2) is 53.0 Å². The molecule has 2 heterocycles. The maximum Gasteiger partial charge on any atom is 0.230 e. The molecule has 0 aromatic heterocycles. The first-order valence-electron chi connectivity index (χ1n) is 7.98. The van der Waals surface area contributed by atoms with Gasteiger partial charge in [0.15, 0.2) is 0 Å². The van der Waals surface area contributed by atoms with Crippen molar-refractivity contribution in [2.45, 2.75) is 71.5 Å². The van der Waals surface area contributed by atoms with Crippen molar-refractivity contribution in [3.63, 3.8) is 0 Å². The Morgan fingerprint density at radius 3 is 2.40 bits per heavy atom. The molecule has 0 aromatic rings. The highest BCUT2D eigenvalue weighted by molar-refractivity contribution is 5.84. The molecule has 0 radical (unpaired) electrons. The number of carbonyl (C=O) groups is 1. The van der Waals surface area contributed by atoms with Crippen molar-refractivity contribution in [2.24, 2.45) is 11.1 Å². The Morgan fingerprint density at radius 1 is 1.15 bits per heavy atom. The smallest absolute Gasteiger partial charge is 0.230 e. The summed E-state index contributed by atoms with van der Waals surface area (Å²) in [5, 5.41) is 0. The second-order valence-corrected chi connectivity index (χ2v) is 7.80. The Morgan fingerprint density at radius 2 is 1.80 bits per heavy atom. The van der Waals surface area contributed by atoms with Gasteiger partial charge in [0.25, 0.3) is 0 Å². The summed E-state index contributed by atoms with van der Waals surface area (Å²) in [4.78, 5) is 17.6. The van der Waals surface area contributed by atoms with Crippen molar-refractivity contribution in [1.29, 1.82) is 0 Å². The van der Waals surface area contributed by atoms with E-state index in [2.05, 4.69) is 16.7 Å². The molecule has 0 bridgehead atoms. The summed E-state index contributed by atoms with van der Waals surface area (Å²) < 4.78 is 0. The summed E-state index contributed by atoms with van der Waals surface area (Å²) in [7, 11) is 0. The number of piperidine rings is 1. The first-order chi connectivity index (χ1) is 9.14. The second kappa shape index (κ2) is 5.30. The summed E-state index contributed by atoms with van der Waals surface area (Å²) in [5.74, 6) is 0.211. The number of amides is 1. The lowest BCUT2D eigenvalue weighted by molar-refractivity contribution is -0.150. The fourth-order valence-electron chi connectivity index (χ4n) is 3.27. The van der Waals surface area contributed by atoms with Gasteiger partial charge in [-0.15, -0.1) is 0 Å². The number of nitrogens with zero attached hydrogens (tertiary/aromatic N) is 2. The van der Waals surface area contributed by atoms with Gasteiger partial charge in [-0.3, -0.25) is 9.69 Å².